The summed E-state index contributed by atoms with van der Waals surface area (Å²) in [5, 5.41) is 3.48. The van der Waals surface area contributed by atoms with Crippen molar-refractivity contribution in [1.82, 2.24) is 0 Å². The monoisotopic (exact) mass is 378 g/mol. The van der Waals surface area contributed by atoms with Crippen molar-refractivity contribution in [2.45, 2.75) is 45.4 Å². The summed E-state index contributed by atoms with van der Waals surface area (Å²) in [6.07, 6.45) is 8.00. The predicted octanol–water partition coefficient (Wildman–Crippen LogP) is 5.52. The minimum atomic E-state index is 1.16. The third kappa shape index (κ3) is 24.7. The molecule has 0 amide bonds. The van der Waals surface area contributed by atoms with Crippen molar-refractivity contribution >= 4 is 47.8 Å². The van der Waals surface area contributed by atoms with Crippen molar-refractivity contribution in [2.75, 3.05) is 16.0 Å². The lowest BCUT2D eigenvalue weighted by atomic mass is 10.2. The maximum atomic E-state index is 3.39. The summed E-state index contributed by atoms with van der Waals surface area (Å²) in [5.41, 5.74) is 0. The predicted molar refractivity (Wildman–Crippen MR) is 74.8 cm³/mol. The Balaban J connectivity index is 0. The molecule has 0 unspecified atom stereocenters. The van der Waals surface area contributed by atoms with Gasteiger partial charge < -0.3 is 0 Å². The molecule has 0 aromatic carbocycles. The van der Waals surface area contributed by atoms with Crippen LogP contribution in [-0.2, 0) is 0 Å². The quantitative estimate of drug-likeness (QED) is 0.403. The van der Waals surface area contributed by atoms with E-state index in [2.05, 4.69) is 54.7 Å². The molecule has 0 rings (SSSR count). The highest BCUT2D eigenvalue weighted by Gasteiger charge is 1.84. The van der Waals surface area contributed by atoms with Crippen LogP contribution in [0.5, 0.6) is 0 Å². The maximum absolute atomic E-state index is 3.39. The number of hydrogen-bond donors (Lipinski definition) is 0. The smallest absolute Gasteiger partial charge is 0.00313 e. The number of hydrogen-bond acceptors (Lipinski definition) is 0. The first kappa shape index (κ1) is 16.9. The summed E-state index contributed by atoms with van der Waals surface area (Å²) in [6.45, 7) is 2.18. The zero-order valence-corrected chi connectivity index (χ0v) is 13.3. The average Bonchev–Trinajstić information content (AvgIpc) is 2.15. The molecule has 0 nitrogen and oxygen atoms in total. The van der Waals surface area contributed by atoms with Crippen LogP contribution in [0.1, 0.15) is 45.4 Å². The number of rotatable bonds is 7. The van der Waals surface area contributed by atoms with Gasteiger partial charge >= 0.3 is 0 Å². The Morgan fingerprint density at radius 3 is 1.15 bits per heavy atom. The second kappa shape index (κ2) is 19.1. The van der Waals surface area contributed by atoms with Crippen LogP contribution < -0.4 is 0 Å². The van der Waals surface area contributed by atoms with Gasteiger partial charge in [-0.1, -0.05) is 74.0 Å². The van der Waals surface area contributed by atoms with E-state index in [1.54, 1.807) is 0 Å². The Morgan fingerprint density at radius 1 is 0.615 bits per heavy atom. The summed E-state index contributed by atoms with van der Waals surface area (Å²) in [6, 6.07) is 0. The van der Waals surface area contributed by atoms with Crippen LogP contribution in [0.3, 0.4) is 0 Å². The summed E-state index contributed by atoms with van der Waals surface area (Å²) < 4.78 is 0. The molecule has 0 saturated carbocycles. The molecular formula is C10H21Br3. The second-order valence-corrected chi connectivity index (χ2v) is 5.21. The molecule has 0 N–H and O–H groups in total. The van der Waals surface area contributed by atoms with Crippen molar-refractivity contribution in [3.05, 3.63) is 0 Å². The Morgan fingerprint density at radius 2 is 1.00 bits per heavy atom. The zero-order valence-electron chi connectivity index (χ0n) is 8.50. The van der Waals surface area contributed by atoms with Gasteiger partial charge in [-0.15, -0.1) is 0 Å². The topological polar surface area (TPSA) is 0 Å². The van der Waals surface area contributed by atoms with Crippen molar-refractivity contribution in [1.29, 1.82) is 0 Å². The van der Waals surface area contributed by atoms with E-state index in [1.807, 2.05) is 0 Å². The van der Waals surface area contributed by atoms with Crippen LogP contribution in [0.2, 0.25) is 0 Å². The minimum Gasteiger partial charge on any atom is -0.0928 e. The second-order valence-electron chi connectivity index (χ2n) is 2.83. The molecule has 0 heterocycles. The number of unbranched alkanes of at least 4 members (excludes halogenated alkanes) is 4. The molecule has 82 valence electrons. The molecule has 0 aliphatic heterocycles. The summed E-state index contributed by atoms with van der Waals surface area (Å²) in [7, 11) is 0. The fourth-order valence-corrected chi connectivity index (χ4v) is 2.03. The lowest BCUT2D eigenvalue weighted by molar-refractivity contribution is 0.715. The van der Waals surface area contributed by atoms with Crippen molar-refractivity contribution in [3.8, 4) is 0 Å². The lowest BCUT2D eigenvalue weighted by Crippen LogP contribution is -1.78. The van der Waals surface area contributed by atoms with Gasteiger partial charge in [0.05, 0.1) is 0 Å². The fourth-order valence-electron chi connectivity index (χ4n) is 0.676. The molecule has 0 bridgehead atoms. The van der Waals surface area contributed by atoms with Crippen LogP contribution in [0.15, 0.2) is 0 Å². The van der Waals surface area contributed by atoms with E-state index < -0.39 is 0 Å². The third-order valence-electron chi connectivity index (χ3n) is 1.50. The molecule has 0 aromatic rings. The van der Waals surface area contributed by atoms with E-state index >= 15 is 0 Å². The summed E-state index contributed by atoms with van der Waals surface area (Å²) in [4.78, 5) is 0. The van der Waals surface area contributed by atoms with Gasteiger partial charge in [0.15, 0.2) is 0 Å². The molecule has 0 radical (unpaired) electrons. The molecule has 0 aliphatic carbocycles. The maximum Gasteiger partial charge on any atom is 0.00313 e. The van der Waals surface area contributed by atoms with Gasteiger partial charge in [-0.25, -0.2) is 0 Å². The van der Waals surface area contributed by atoms with Gasteiger partial charge in [0.1, 0.15) is 0 Å². The van der Waals surface area contributed by atoms with E-state index in [9.17, 15) is 0 Å². The highest BCUT2D eigenvalue weighted by molar-refractivity contribution is 9.09. The Hall–Kier alpha value is 1.44. The molecule has 0 saturated heterocycles. The van der Waals surface area contributed by atoms with Gasteiger partial charge in [-0.2, -0.15) is 0 Å². The van der Waals surface area contributed by atoms with Gasteiger partial charge in [0, 0.05) is 16.0 Å². The van der Waals surface area contributed by atoms with Crippen molar-refractivity contribution in [2.24, 2.45) is 0 Å². The number of alkyl halides is 3. The Bertz CT molecular complexity index is 59.2. The van der Waals surface area contributed by atoms with Crippen LogP contribution in [0.25, 0.3) is 0 Å². The molecule has 0 atom stereocenters. The Labute approximate surface area is 109 Å². The van der Waals surface area contributed by atoms with Gasteiger partial charge in [-0.05, 0) is 19.3 Å². The first-order chi connectivity index (χ1) is 6.33. The van der Waals surface area contributed by atoms with E-state index in [-0.39, 0.29) is 0 Å². The van der Waals surface area contributed by atoms with E-state index in [1.165, 1.54) is 38.5 Å². The normalized spacial score (nSPS) is 9.23. The SMILES string of the molecule is BrCCCCCCBr.CCCCBr. The van der Waals surface area contributed by atoms with Gasteiger partial charge in [0.2, 0.25) is 0 Å². The van der Waals surface area contributed by atoms with E-state index in [0.29, 0.717) is 0 Å². The molecule has 0 fully saturated rings. The van der Waals surface area contributed by atoms with Crippen LogP contribution in [-0.4, -0.2) is 16.0 Å². The standard InChI is InChI=1S/C6H12Br2.C4H9Br/c7-5-3-1-2-4-6-8;1-2-3-4-5/h1-6H2;2-4H2,1H3. The van der Waals surface area contributed by atoms with Crippen LogP contribution in [0.4, 0.5) is 0 Å². The van der Waals surface area contributed by atoms with Crippen molar-refractivity contribution in [3.63, 3.8) is 0 Å². The molecule has 13 heavy (non-hydrogen) atoms. The summed E-state index contributed by atoms with van der Waals surface area (Å²) in [5.74, 6) is 0. The Kier molecular flexibility index (Phi) is 24.7. The zero-order chi connectivity index (χ0) is 10.4. The first-order valence-electron chi connectivity index (χ1n) is 5.01. The van der Waals surface area contributed by atoms with Gasteiger partial charge in [0.25, 0.3) is 0 Å². The summed E-state index contributed by atoms with van der Waals surface area (Å²) >= 11 is 10.1. The van der Waals surface area contributed by atoms with E-state index in [0.717, 1.165) is 16.0 Å². The lowest BCUT2D eigenvalue weighted by Gasteiger charge is -1.92. The van der Waals surface area contributed by atoms with Crippen molar-refractivity contribution < 1.29 is 0 Å². The molecule has 0 spiro atoms. The highest BCUT2D eigenvalue weighted by atomic mass is 79.9. The average molecular weight is 381 g/mol. The van der Waals surface area contributed by atoms with Gasteiger partial charge in [-0.3, -0.25) is 0 Å². The van der Waals surface area contributed by atoms with E-state index in [4.69, 9.17) is 0 Å². The highest BCUT2D eigenvalue weighted by Crippen LogP contribution is 2.02. The third-order valence-corrected chi connectivity index (χ3v) is 3.19. The fraction of sp³-hybridized carbons (Fsp3) is 1.00. The number of halogens is 3. The largest absolute Gasteiger partial charge is 0.0928 e. The molecule has 0 aliphatic rings. The minimum absolute atomic E-state index is 1.16. The van der Waals surface area contributed by atoms with Crippen LogP contribution in [0, 0.1) is 0 Å². The molecule has 0 aromatic heterocycles. The first-order valence-corrected chi connectivity index (χ1v) is 8.37. The van der Waals surface area contributed by atoms with Crippen LogP contribution >= 0.6 is 47.8 Å². The molecule has 3 heteroatoms. The molecular weight excluding hydrogens is 360 g/mol.